The summed E-state index contributed by atoms with van der Waals surface area (Å²) in [6, 6.07) is 22.3. The summed E-state index contributed by atoms with van der Waals surface area (Å²) in [6.07, 6.45) is 0. The Kier molecular flexibility index (Phi) is 8.50. The summed E-state index contributed by atoms with van der Waals surface area (Å²) in [5.41, 5.74) is 0.343. The number of carbonyl (C=O) groups excluding carboxylic acids is 2. The van der Waals surface area contributed by atoms with Gasteiger partial charge in [-0.1, -0.05) is 18.2 Å². The molecule has 0 bridgehead atoms. The summed E-state index contributed by atoms with van der Waals surface area (Å²) in [7, 11) is 0. The van der Waals surface area contributed by atoms with E-state index in [0.29, 0.717) is 29.4 Å². The number of para-hydroxylation sites is 1. The van der Waals surface area contributed by atoms with Crippen molar-refractivity contribution in [3.8, 4) is 23.0 Å². The molecule has 7 heteroatoms. The van der Waals surface area contributed by atoms with Crippen LogP contribution in [0.4, 0.5) is 0 Å². The minimum absolute atomic E-state index is 0.118. The fourth-order valence-electron chi connectivity index (χ4n) is 2.65. The van der Waals surface area contributed by atoms with Gasteiger partial charge in [0.2, 0.25) is 0 Å². The van der Waals surface area contributed by atoms with E-state index in [1.807, 2.05) is 37.3 Å². The second kappa shape index (κ2) is 12.0. The van der Waals surface area contributed by atoms with Crippen molar-refractivity contribution < 1.29 is 33.3 Å². The molecule has 3 rings (SSSR count). The summed E-state index contributed by atoms with van der Waals surface area (Å²) in [5, 5.41) is 0. The fourth-order valence-corrected chi connectivity index (χ4v) is 2.65. The molecule has 0 spiro atoms. The molecule has 0 saturated heterocycles. The highest BCUT2D eigenvalue weighted by molar-refractivity contribution is 5.89. The molecule has 0 saturated carbocycles. The molecule has 0 aliphatic rings. The summed E-state index contributed by atoms with van der Waals surface area (Å²) >= 11 is 0. The molecule has 0 amide bonds. The third-order valence-corrected chi connectivity index (χ3v) is 4.14. The van der Waals surface area contributed by atoms with Crippen molar-refractivity contribution in [3.05, 3.63) is 84.4 Å². The van der Waals surface area contributed by atoms with Crippen LogP contribution in [0.1, 0.15) is 17.3 Å². The predicted octanol–water partition coefficient (Wildman–Crippen LogP) is 4.31. The number of benzene rings is 3. The largest absolute Gasteiger partial charge is 0.494 e. The van der Waals surface area contributed by atoms with E-state index in [4.69, 9.17) is 23.7 Å². The van der Waals surface area contributed by atoms with Crippen molar-refractivity contribution in [2.75, 3.05) is 26.4 Å². The zero-order valence-corrected chi connectivity index (χ0v) is 17.7. The highest BCUT2D eigenvalue weighted by atomic mass is 16.6. The van der Waals surface area contributed by atoms with E-state index in [2.05, 4.69) is 0 Å². The molecule has 0 radical (unpaired) electrons. The van der Waals surface area contributed by atoms with Gasteiger partial charge < -0.3 is 23.7 Å². The summed E-state index contributed by atoms with van der Waals surface area (Å²) in [6.45, 7) is 2.59. The van der Waals surface area contributed by atoms with Crippen molar-refractivity contribution in [2.24, 2.45) is 0 Å². The summed E-state index contributed by atoms with van der Waals surface area (Å²) in [5.74, 6) is 1.21. The van der Waals surface area contributed by atoms with Gasteiger partial charge in [0, 0.05) is 0 Å². The fraction of sp³-hybridized carbons (Fsp3) is 0.200. The van der Waals surface area contributed by atoms with Gasteiger partial charge in [0.1, 0.15) is 36.2 Å². The van der Waals surface area contributed by atoms with Gasteiger partial charge in [-0.05, 0) is 67.6 Å². The van der Waals surface area contributed by atoms with Gasteiger partial charge in [-0.2, -0.15) is 0 Å². The predicted molar refractivity (Wildman–Crippen MR) is 117 cm³/mol. The molecule has 0 aromatic heterocycles. The molecule has 32 heavy (non-hydrogen) atoms. The van der Waals surface area contributed by atoms with Crippen LogP contribution in [-0.2, 0) is 9.53 Å². The number of ether oxygens (including phenoxy) is 5. The maximum Gasteiger partial charge on any atom is 0.349 e. The number of rotatable bonds is 11. The Morgan fingerprint density at radius 2 is 1.25 bits per heavy atom. The molecule has 7 nitrogen and oxygen atoms in total. The van der Waals surface area contributed by atoms with Gasteiger partial charge in [0.25, 0.3) is 0 Å². The van der Waals surface area contributed by atoms with Crippen molar-refractivity contribution in [1.82, 2.24) is 0 Å². The molecule has 166 valence electrons. The van der Waals surface area contributed by atoms with Crippen molar-refractivity contribution >= 4 is 11.9 Å². The number of carbonyl (C=O) groups is 2. The Labute approximate surface area is 186 Å². The first-order chi connectivity index (χ1) is 15.6. The Morgan fingerprint density at radius 1 is 0.656 bits per heavy atom. The van der Waals surface area contributed by atoms with Crippen LogP contribution in [0.5, 0.6) is 23.0 Å². The third-order valence-electron chi connectivity index (χ3n) is 4.14. The molecule has 3 aromatic rings. The van der Waals surface area contributed by atoms with Crippen molar-refractivity contribution in [1.29, 1.82) is 0 Å². The smallest absolute Gasteiger partial charge is 0.349 e. The number of hydrogen-bond donors (Lipinski definition) is 0. The molecule has 0 N–H and O–H groups in total. The monoisotopic (exact) mass is 436 g/mol. The standard InChI is InChI=1S/C25H24O7/c1-2-28-21-12-14-22(15-13-21)31-18-24(26)32-23-10-8-19(9-11-23)25(27)30-17-16-29-20-6-4-3-5-7-20/h3-15H,2,16-18H2,1H3. The lowest BCUT2D eigenvalue weighted by Crippen LogP contribution is -2.17. The van der Waals surface area contributed by atoms with Gasteiger partial charge in [0.05, 0.1) is 12.2 Å². The first-order valence-electron chi connectivity index (χ1n) is 10.2. The van der Waals surface area contributed by atoms with E-state index in [0.717, 1.165) is 5.75 Å². The molecule has 0 unspecified atom stereocenters. The molecule has 0 aliphatic carbocycles. The second-order valence-corrected chi connectivity index (χ2v) is 6.49. The van der Waals surface area contributed by atoms with Gasteiger partial charge in [-0.25, -0.2) is 9.59 Å². The minimum Gasteiger partial charge on any atom is -0.494 e. The van der Waals surface area contributed by atoms with E-state index >= 15 is 0 Å². The summed E-state index contributed by atoms with van der Waals surface area (Å²) < 4.78 is 26.6. The third kappa shape index (κ3) is 7.36. The van der Waals surface area contributed by atoms with Crippen LogP contribution in [0, 0.1) is 0 Å². The lowest BCUT2D eigenvalue weighted by atomic mass is 10.2. The van der Waals surface area contributed by atoms with Gasteiger partial charge >= 0.3 is 11.9 Å². The Balaban J connectivity index is 1.38. The average Bonchev–Trinajstić information content (AvgIpc) is 2.82. The Morgan fingerprint density at radius 3 is 1.91 bits per heavy atom. The van der Waals surface area contributed by atoms with E-state index in [1.54, 1.807) is 24.3 Å². The summed E-state index contributed by atoms with van der Waals surface area (Å²) in [4.78, 5) is 24.1. The van der Waals surface area contributed by atoms with Crippen LogP contribution in [0.3, 0.4) is 0 Å². The maximum absolute atomic E-state index is 12.1. The van der Waals surface area contributed by atoms with E-state index in [1.165, 1.54) is 24.3 Å². The molecule has 0 atom stereocenters. The Bertz CT molecular complexity index is 983. The van der Waals surface area contributed by atoms with Crippen LogP contribution >= 0.6 is 0 Å². The molecule has 3 aromatic carbocycles. The highest BCUT2D eigenvalue weighted by Gasteiger charge is 2.10. The van der Waals surface area contributed by atoms with Crippen LogP contribution in [0.2, 0.25) is 0 Å². The van der Waals surface area contributed by atoms with Crippen molar-refractivity contribution in [2.45, 2.75) is 6.92 Å². The number of esters is 2. The molecular weight excluding hydrogens is 412 g/mol. The van der Waals surface area contributed by atoms with Crippen LogP contribution in [0.15, 0.2) is 78.9 Å². The highest BCUT2D eigenvalue weighted by Crippen LogP contribution is 2.18. The van der Waals surface area contributed by atoms with Gasteiger partial charge in [-0.15, -0.1) is 0 Å². The van der Waals surface area contributed by atoms with E-state index < -0.39 is 11.9 Å². The first-order valence-corrected chi connectivity index (χ1v) is 10.2. The maximum atomic E-state index is 12.1. The molecule has 0 fully saturated rings. The van der Waals surface area contributed by atoms with Crippen LogP contribution < -0.4 is 18.9 Å². The van der Waals surface area contributed by atoms with Gasteiger partial charge in [-0.3, -0.25) is 0 Å². The van der Waals surface area contributed by atoms with Crippen LogP contribution in [0.25, 0.3) is 0 Å². The SMILES string of the molecule is CCOc1ccc(OCC(=O)Oc2ccc(C(=O)OCCOc3ccccc3)cc2)cc1. The molecular formula is C25H24O7. The van der Waals surface area contributed by atoms with Gasteiger partial charge in [0.15, 0.2) is 6.61 Å². The molecule has 0 heterocycles. The molecule has 0 aliphatic heterocycles. The van der Waals surface area contributed by atoms with Crippen molar-refractivity contribution in [3.63, 3.8) is 0 Å². The number of hydrogen-bond acceptors (Lipinski definition) is 7. The average molecular weight is 436 g/mol. The van der Waals surface area contributed by atoms with E-state index in [9.17, 15) is 9.59 Å². The first kappa shape index (κ1) is 22.7. The Hall–Kier alpha value is -4.00. The van der Waals surface area contributed by atoms with Crippen LogP contribution in [-0.4, -0.2) is 38.4 Å². The quantitative estimate of drug-likeness (QED) is 0.252. The minimum atomic E-state index is -0.563. The van der Waals surface area contributed by atoms with E-state index in [-0.39, 0.29) is 19.8 Å². The lowest BCUT2D eigenvalue weighted by molar-refractivity contribution is -0.136. The topological polar surface area (TPSA) is 80.3 Å². The zero-order chi connectivity index (χ0) is 22.6. The second-order valence-electron chi connectivity index (χ2n) is 6.49. The zero-order valence-electron chi connectivity index (χ0n) is 17.7. The normalized spacial score (nSPS) is 10.2. The lowest BCUT2D eigenvalue weighted by Gasteiger charge is -2.09.